The van der Waals surface area contributed by atoms with E-state index in [1.54, 1.807) is 22.5 Å². The number of aromatic nitrogens is 1. The molecule has 0 N–H and O–H groups in total. The molecule has 0 bridgehead atoms. The number of anilines is 1. The first kappa shape index (κ1) is 19.4. The molecule has 0 unspecified atom stereocenters. The van der Waals surface area contributed by atoms with E-state index in [2.05, 4.69) is 45.0 Å². The summed E-state index contributed by atoms with van der Waals surface area (Å²) in [6, 6.07) is 16.2. The van der Waals surface area contributed by atoms with Gasteiger partial charge in [-0.05, 0) is 60.7 Å². The Kier molecular flexibility index (Phi) is 5.49. The smallest absolute Gasteiger partial charge is 0.233 e. The number of benzene rings is 2. The molecule has 0 radical (unpaired) electrons. The normalized spacial score (nSPS) is 11.1. The van der Waals surface area contributed by atoms with E-state index in [-0.39, 0.29) is 5.91 Å². The molecule has 148 valence electrons. The number of carbonyl (C=O) groups excluding carboxylic acids is 1. The molecule has 0 saturated heterocycles. The van der Waals surface area contributed by atoms with E-state index in [0.717, 1.165) is 33.5 Å². The zero-order valence-electron chi connectivity index (χ0n) is 16.9. The molecule has 4 rings (SSSR count). The number of furan rings is 1. The average molecular weight is 405 g/mol. The van der Waals surface area contributed by atoms with Crippen molar-refractivity contribution in [3.05, 3.63) is 82.8 Å². The second kappa shape index (κ2) is 8.21. The van der Waals surface area contributed by atoms with E-state index >= 15 is 0 Å². The van der Waals surface area contributed by atoms with Crippen molar-refractivity contribution in [3.63, 3.8) is 0 Å². The predicted molar refractivity (Wildman–Crippen MR) is 119 cm³/mol. The fourth-order valence-electron chi connectivity index (χ4n) is 3.31. The molecule has 2 heterocycles. The van der Waals surface area contributed by atoms with Gasteiger partial charge in [0.15, 0.2) is 5.13 Å². The van der Waals surface area contributed by atoms with Crippen LogP contribution in [0.4, 0.5) is 5.13 Å². The summed E-state index contributed by atoms with van der Waals surface area (Å²) in [5.74, 6) is 0.755. The average Bonchev–Trinajstić information content (AvgIpc) is 3.39. The Bertz CT molecular complexity index is 1130. The Balaban J connectivity index is 1.67. The van der Waals surface area contributed by atoms with Crippen molar-refractivity contribution in [2.45, 2.75) is 40.2 Å². The Morgan fingerprint density at radius 1 is 1.07 bits per heavy atom. The summed E-state index contributed by atoms with van der Waals surface area (Å²) in [6.45, 7) is 6.66. The number of hydrogen-bond donors (Lipinski definition) is 0. The lowest BCUT2D eigenvalue weighted by Gasteiger charge is -2.19. The van der Waals surface area contributed by atoms with Crippen LogP contribution in [0.3, 0.4) is 0 Å². The lowest BCUT2D eigenvalue weighted by Crippen LogP contribution is -2.31. The first-order valence-corrected chi connectivity index (χ1v) is 10.6. The predicted octanol–water partition coefficient (Wildman–Crippen LogP) is 5.84. The van der Waals surface area contributed by atoms with E-state index in [1.165, 1.54) is 11.1 Å². The second-order valence-electron chi connectivity index (χ2n) is 7.26. The third-order valence-corrected chi connectivity index (χ3v) is 6.33. The molecule has 0 saturated carbocycles. The van der Waals surface area contributed by atoms with Crippen LogP contribution in [0.1, 0.15) is 34.9 Å². The maximum Gasteiger partial charge on any atom is 0.233 e. The molecule has 2 aromatic carbocycles. The van der Waals surface area contributed by atoms with Crippen LogP contribution in [0.25, 0.3) is 10.2 Å². The minimum Gasteiger partial charge on any atom is -0.467 e. The Labute approximate surface area is 174 Å². The lowest BCUT2D eigenvalue weighted by atomic mass is 10.1. The van der Waals surface area contributed by atoms with Gasteiger partial charge in [-0.3, -0.25) is 9.69 Å². The largest absolute Gasteiger partial charge is 0.467 e. The number of aryl methyl sites for hydroxylation is 3. The van der Waals surface area contributed by atoms with Crippen molar-refractivity contribution in [3.8, 4) is 0 Å². The summed E-state index contributed by atoms with van der Waals surface area (Å²) in [5.41, 5.74) is 5.60. The third-order valence-electron chi connectivity index (χ3n) is 5.29. The van der Waals surface area contributed by atoms with Gasteiger partial charge in [0.2, 0.25) is 5.91 Å². The Morgan fingerprint density at radius 2 is 1.83 bits per heavy atom. The Morgan fingerprint density at radius 3 is 2.52 bits per heavy atom. The van der Waals surface area contributed by atoms with Crippen LogP contribution >= 0.6 is 11.3 Å². The van der Waals surface area contributed by atoms with Crippen LogP contribution in [0.15, 0.2) is 59.2 Å². The van der Waals surface area contributed by atoms with Crippen molar-refractivity contribution in [2.75, 3.05) is 4.90 Å². The highest BCUT2D eigenvalue weighted by atomic mass is 32.1. The SMILES string of the molecule is CCc1ccc(CC(=O)N(Cc2ccco2)c2nc3c(C)c(C)ccc3s2)cc1. The monoisotopic (exact) mass is 404 g/mol. The highest BCUT2D eigenvalue weighted by Gasteiger charge is 2.22. The second-order valence-corrected chi connectivity index (χ2v) is 8.27. The molecule has 4 nitrogen and oxygen atoms in total. The topological polar surface area (TPSA) is 46.3 Å². The van der Waals surface area contributed by atoms with Gasteiger partial charge in [-0.25, -0.2) is 4.98 Å². The molecule has 0 fully saturated rings. The maximum atomic E-state index is 13.3. The first-order valence-electron chi connectivity index (χ1n) is 9.82. The highest BCUT2D eigenvalue weighted by molar-refractivity contribution is 7.22. The van der Waals surface area contributed by atoms with E-state index in [1.807, 2.05) is 24.3 Å². The van der Waals surface area contributed by atoms with Gasteiger partial charge >= 0.3 is 0 Å². The van der Waals surface area contributed by atoms with Gasteiger partial charge in [-0.15, -0.1) is 0 Å². The summed E-state index contributed by atoms with van der Waals surface area (Å²) >= 11 is 1.55. The first-order chi connectivity index (χ1) is 14.0. The molecule has 0 aliphatic rings. The van der Waals surface area contributed by atoms with Crippen molar-refractivity contribution in [2.24, 2.45) is 0 Å². The summed E-state index contributed by atoms with van der Waals surface area (Å²) < 4.78 is 6.61. The zero-order valence-corrected chi connectivity index (χ0v) is 17.8. The van der Waals surface area contributed by atoms with E-state index in [0.29, 0.717) is 18.1 Å². The molecule has 2 aromatic heterocycles. The van der Waals surface area contributed by atoms with Gasteiger partial charge in [0.05, 0.1) is 29.4 Å². The standard InChI is InChI=1S/C24H24N2O2S/c1-4-18-8-10-19(11-9-18)14-22(27)26(15-20-6-5-13-28-20)24-25-23-17(3)16(2)7-12-21(23)29-24/h5-13H,4,14-15H2,1-3H3. The number of nitrogens with zero attached hydrogens (tertiary/aromatic N) is 2. The highest BCUT2D eigenvalue weighted by Crippen LogP contribution is 2.33. The van der Waals surface area contributed by atoms with Crippen LogP contribution in [-0.4, -0.2) is 10.9 Å². The minimum atomic E-state index is 0.0130. The van der Waals surface area contributed by atoms with Crippen molar-refractivity contribution in [1.82, 2.24) is 4.98 Å². The van der Waals surface area contributed by atoms with E-state index in [9.17, 15) is 4.79 Å². The molecule has 1 amide bonds. The fourth-order valence-corrected chi connectivity index (χ4v) is 4.36. The molecule has 0 aliphatic heterocycles. The number of fused-ring (bicyclic) bond motifs is 1. The summed E-state index contributed by atoms with van der Waals surface area (Å²) in [4.78, 5) is 19.8. The fraction of sp³-hybridized carbons (Fsp3) is 0.250. The van der Waals surface area contributed by atoms with Crippen molar-refractivity contribution in [1.29, 1.82) is 0 Å². The summed E-state index contributed by atoms with van der Waals surface area (Å²) in [5, 5.41) is 0.709. The summed E-state index contributed by atoms with van der Waals surface area (Å²) in [6.07, 6.45) is 2.95. The van der Waals surface area contributed by atoms with Gasteiger partial charge in [-0.2, -0.15) is 0 Å². The number of carbonyl (C=O) groups is 1. The number of thiazole rings is 1. The van der Waals surface area contributed by atoms with Gasteiger partial charge in [-0.1, -0.05) is 48.6 Å². The minimum absolute atomic E-state index is 0.0130. The maximum absolute atomic E-state index is 13.3. The lowest BCUT2D eigenvalue weighted by molar-refractivity contribution is -0.118. The molecule has 29 heavy (non-hydrogen) atoms. The molecule has 0 aliphatic carbocycles. The number of hydrogen-bond acceptors (Lipinski definition) is 4. The summed E-state index contributed by atoms with van der Waals surface area (Å²) in [7, 11) is 0. The quantitative estimate of drug-likeness (QED) is 0.405. The molecule has 0 atom stereocenters. The van der Waals surface area contributed by atoms with Gasteiger partial charge in [0, 0.05) is 0 Å². The van der Waals surface area contributed by atoms with E-state index < -0.39 is 0 Å². The van der Waals surface area contributed by atoms with Gasteiger partial charge in [0.1, 0.15) is 5.76 Å². The third kappa shape index (κ3) is 4.10. The molecule has 0 spiro atoms. The molecule has 4 aromatic rings. The Hall–Kier alpha value is -2.92. The number of amides is 1. The van der Waals surface area contributed by atoms with Crippen molar-refractivity contribution >= 4 is 32.6 Å². The molecular formula is C24H24N2O2S. The van der Waals surface area contributed by atoms with Gasteiger partial charge < -0.3 is 4.42 Å². The van der Waals surface area contributed by atoms with Crippen LogP contribution in [0.2, 0.25) is 0 Å². The van der Waals surface area contributed by atoms with Crippen molar-refractivity contribution < 1.29 is 9.21 Å². The van der Waals surface area contributed by atoms with Crippen LogP contribution in [0.5, 0.6) is 0 Å². The van der Waals surface area contributed by atoms with Crippen LogP contribution < -0.4 is 4.90 Å². The zero-order chi connectivity index (χ0) is 20.4. The van der Waals surface area contributed by atoms with Gasteiger partial charge in [0.25, 0.3) is 0 Å². The number of rotatable bonds is 6. The van der Waals surface area contributed by atoms with E-state index in [4.69, 9.17) is 9.40 Å². The molecular weight excluding hydrogens is 380 g/mol. The van der Waals surface area contributed by atoms with Crippen LogP contribution in [-0.2, 0) is 24.2 Å². The van der Waals surface area contributed by atoms with Crippen LogP contribution in [0, 0.1) is 13.8 Å². The molecule has 5 heteroatoms.